The van der Waals surface area contributed by atoms with Gasteiger partial charge < -0.3 is 0 Å². The summed E-state index contributed by atoms with van der Waals surface area (Å²) in [4.78, 5) is 0. The van der Waals surface area contributed by atoms with Gasteiger partial charge in [-0.05, 0) is 0 Å². The highest BCUT2D eigenvalue weighted by Crippen LogP contribution is 2.87. The molecule has 2 fully saturated rings. The van der Waals surface area contributed by atoms with E-state index in [0.29, 0.717) is 0 Å². The van der Waals surface area contributed by atoms with Crippen LogP contribution >= 0.6 is 46.4 Å². The van der Waals surface area contributed by atoms with E-state index in [9.17, 15) is 0 Å². The molecule has 0 aromatic rings. The molecule has 0 unspecified atom stereocenters. The number of halogens is 4. The first-order valence-electron chi connectivity index (χ1n) is 2.24. The zero-order chi connectivity index (χ0) is 6.15. The highest BCUT2D eigenvalue weighted by atomic mass is 35.5. The third-order valence-corrected chi connectivity index (χ3v) is 3.65. The van der Waals surface area contributed by atoms with Crippen molar-refractivity contribution in [1.29, 1.82) is 0 Å². The summed E-state index contributed by atoms with van der Waals surface area (Å²) in [5.41, 5.74) is 0. The van der Waals surface area contributed by atoms with Crippen LogP contribution in [0, 0.1) is 11.8 Å². The average Bonchev–Trinajstić information content (AvgIpc) is 2.24. The monoisotopic (exact) mass is 190 g/mol. The Morgan fingerprint density at radius 2 is 1.00 bits per heavy atom. The van der Waals surface area contributed by atoms with Gasteiger partial charge in [0, 0.05) is 11.8 Å². The van der Waals surface area contributed by atoms with Crippen molar-refractivity contribution in [3.8, 4) is 0 Å². The first-order chi connectivity index (χ1) is 3.49. The van der Waals surface area contributed by atoms with Gasteiger partial charge in [-0.2, -0.15) is 0 Å². The van der Waals surface area contributed by atoms with E-state index < -0.39 is 8.67 Å². The second-order valence-electron chi connectivity index (χ2n) is 2.30. The molecule has 0 aromatic carbocycles. The molecule has 0 aliphatic heterocycles. The molecule has 2 aliphatic rings. The zero-order valence-corrected chi connectivity index (χ0v) is 6.69. The molecule has 0 atom stereocenters. The Morgan fingerprint density at radius 3 is 1.00 bits per heavy atom. The van der Waals surface area contributed by atoms with Gasteiger partial charge in [0.25, 0.3) is 0 Å². The molecule has 46 valence electrons. The smallest absolute Gasteiger partial charge is 0.101 e. The quantitative estimate of drug-likeness (QED) is 0.517. The Hall–Kier alpha value is 1.16. The Morgan fingerprint density at radius 1 is 0.750 bits per heavy atom. The van der Waals surface area contributed by atoms with Crippen molar-refractivity contribution in [3.63, 3.8) is 0 Å². The lowest BCUT2D eigenvalue weighted by Gasteiger charge is -2.12. The summed E-state index contributed by atoms with van der Waals surface area (Å²) in [7, 11) is 0. The van der Waals surface area contributed by atoms with Crippen LogP contribution in [0.1, 0.15) is 0 Å². The lowest BCUT2D eigenvalue weighted by Crippen LogP contribution is -2.17. The molecular formula is C4H2Cl4. The van der Waals surface area contributed by atoms with E-state index in [1.165, 1.54) is 0 Å². The van der Waals surface area contributed by atoms with Gasteiger partial charge in [-0.3, -0.25) is 0 Å². The van der Waals surface area contributed by atoms with Crippen molar-refractivity contribution in [1.82, 2.24) is 0 Å². The maximum atomic E-state index is 5.62. The van der Waals surface area contributed by atoms with Crippen LogP contribution in [-0.4, -0.2) is 8.67 Å². The molecule has 0 radical (unpaired) electrons. The summed E-state index contributed by atoms with van der Waals surface area (Å²) in [6, 6.07) is 0. The summed E-state index contributed by atoms with van der Waals surface area (Å²) >= 11 is 22.5. The van der Waals surface area contributed by atoms with Crippen LogP contribution in [0.25, 0.3) is 0 Å². The van der Waals surface area contributed by atoms with Gasteiger partial charge in [0.1, 0.15) is 8.67 Å². The SMILES string of the molecule is ClC1(Cl)C2C1C2(Cl)Cl. The van der Waals surface area contributed by atoms with E-state index >= 15 is 0 Å². The molecule has 2 saturated carbocycles. The van der Waals surface area contributed by atoms with Crippen molar-refractivity contribution >= 4 is 46.4 Å². The number of alkyl halides is 4. The van der Waals surface area contributed by atoms with Crippen LogP contribution in [0.4, 0.5) is 0 Å². The largest absolute Gasteiger partial charge is 0.130 e. The molecule has 0 aromatic heterocycles. The molecule has 0 nitrogen and oxygen atoms in total. The highest BCUT2D eigenvalue weighted by Gasteiger charge is 2.92. The summed E-state index contributed by atoms with van der Waals surface area (Å²) in [5.74, 6) is 0.281. The van der Waals surface area contributed by atoms with E-state index in [2.05, 4.69) is 0 Å². The third-order valence-electron chi connectivity index (χ3n) is 1.77. The number of rotatable bonds is 0. The fourth-order valence-corrected chi connectivity index (χ4v) is 3.65. The van der Waals surface area contributed by atoms with Crippen molar-refractivity contribution in [2.24, 2.45) is 11.8 Å². The van der Waals surface area contributed by atoms with Crippen LogP contribution < -0.4 is 0 Å². The molecule has 0 bridgehead atoms. The Bertz CT molecular complexity index is 120. The fraction of sp³-hybridized carbons (Fsp3) is 1.00. The van der Waals surface area contributed by atoms with Crippen molar-refractivity contribution in [2.45, 2.75) is 8.67 Å². The number of fused-ring (bicyclic) bond motifs is 1. The van der Waals surface area contributed by atoms with Gasteiger partial charge in [0.05, 0.1) is 0 Å². The molecule has 0 heterocycles. The van der Waals surface area contributed by atoms with Crippen LogP contribution in [0.5, 0.6) is 0 Å². The van der Waals surface area contributed by atoms with Gasteiger partial charge in [0.15, 0.2) is 0 Å². The first-order valence-corrected chi connectivity index (χ1v) is 3.76. The minimum atomic E-state index is -0.580. The highest BCUT2D eigenvalue weighted by molar-refractivity contribution is 6.62. The maximum Gasteiger partial charge on any atom is 0.130 e. The van der Waals surface area contributed by atoms with Crippen LogP contribution in [0.15, 0.2) is 0 Å². The number of hydrogen-bond acceptors (Lipinski definition) is 0. The Kier molecular flexibility index (Phi) is 0.842. The molecule has 4 heteroatoms. The van der Waals surface area contributed by atoms with Gasteiger partial charge in [-0.1, -0.05) is 0 Å². The summed E-state index contributed by atoms with van der Waals surface area (Å²) in [6.45, 7) is 0. The van der Waals surface area contributed by atoms with E-state index in [1.54, 1.807) is 0 Å². The molecule has 0 spiro atoms. The van der Waals surface area contributed by atoms with E-state index in [-0.39, 0.29) is 11.8 Å². The average molecular weight is 192 g/mol. The van der Waals surface area contributed by atoms with E-state index in [1.807, 2.05) is 0 Å². The van der Waals surface area contributed by atoms with Gasteiger partial charge in [-0.15, -0.1) is 46.4 Å². The van der Waals surface area contributed by atoms with Gasteiger partial charge >= 0.3 is 0 Å². The lowest BCUT2D eigenvalue weighted by molar-refractivity contribution is 0.811. The summed E-state index contributed by atoms with van der Waals surface area (Å²) in [6.07, 6.45) is 0. The minimum Gasteiger partial charge on any atom is -0.101 e. The van der Waals surface area contributed by atoms with Gasteiger partial charge in [-0.25, -0.2) is 0 Å². The predicted octanol–water partition coefficient (Wildman–Crippen LogP) is 2.59. The minimum absolute atomic E-state index is 0.140. The van der Waals surface area contributed by atoms with Crippen LogP contribution in [-0.2, 0) is 0 Å². The molecule has 0 N–H and O–H groups in total. The van der Waals surface area contributed by atoms with Crippen LogP contribution in [0.2, 0.25) is 0 Å². The van der Waals surface area contributed by atoms with Crippen LogP contribution in [0.3, 0.4) is 0 Å². The summed E-state index contributed by atoms with van der Waals surface area (Å²) in [5, 5.41) is 0. The molecule has 0 saturated heterocycles. The van der Waals surface area contributed by atoms with E-state index in [0.717, 1.165) is 0 Å². The van der Waals surface area contributed by atoms with Gasteiger partial charge in [0.2, 0.25) is 0 Å². The topological polar surface area (TPSA) is 0 Å². The fourth-order valence-electron chi connectivity index (χ4n) is 1.07. The summed E-state index contributed by atoms with van der Waals surface area (Å²) < 4.78 is -1.16. The second kappa shape index (κ2) is 1.14. The lowest BCUT2D eigenvalue weighted by atomic mass is 10.4. The Labute approximate surface area is 67.0 Å². The second-order valence-corrected chi connectivity index (χ2v) is 5.19. The third kappa shape index (κ3) is 0.429. The molecule has 8 heavy (non-hydrogen) atoms. The normalized spacial score (nSPS) is 52.5. The Balaban J connectivity index is 2.13. The molecule has 2 rings (SSSR count). The zero-order valence-electron chi connectivity index (χ0n) is 3.67. The van der Waals surface area contributed by atoms with Crippen molar-refractivity contribution in [3.05, 3.63) is 0 Å². The first kappa shape index (κ1) is 5.91. The standard InChI is InChI=1S/C4H2Cl4/c5-3(6)1-2(3)4(1,7)8/h1-2H. The number of hydrogen-bond donors (Lipinski definition) is 0. The molecular weight excluding hydrogens is 190 g/mol. The molecule has 0 amide bonds. The van der Waals surface area contributed by atoms with Crippen molar-refractivity contribution < 1.29 is 0 Å². The maximum absolute atomic E-state index is 5.62. The van der Waals surface area contributed by atoms with Crippen molar-refractivity contribution in [2.75, 3.05) is 0 Å². The molecule has 2 aliphatic carbocycles. The predicted molar refractivity (Wildman–Crippen MR) is 35.9 cm³/mol. The van der Waals surface area contributed by atoms with E-state index in [4.69, 9.17) is 46.4 Å².